The van der Waals surface area contributed by atoms with Gasteiger partial charge < -0.3 is 10.2 Å². The summed E-state index contributed by atoms with van der Waals surface area (Å²) in [4.78, 5) is 6.92. The molecule has 19 heavy (non-hydrogen) atoms. The van der Waals surface area contributed by atoms with Crippen molar-refractivity contribution in [1.82, 2.24) is 10.3 Å². The van der Waals surface area contributed by atoms with E-state index in [-0.39, 0.29) is 0 Å². The first-order chi connectivity index (χ1) is 9.38. The lowest BCUT2D eigenvalue weighted by atomic mass is 10.1. The predicted molar refractivity (Wildman–Crippen MR) is 80.0 cm³/mol. The van der Waals surface area contributed by atoms with Crippen LogP contribution in [0.15, 0.2) is 35.3 Å². The van der Waals surface area contributed by atoms with Crippen molar-refractivity contribution in [3.8, 4) is 0 Å². The van der Waals surface area contributed by atoms with Gasteiger partial charge in [0.05, 0.1) is 6.54 Å². The van der Waals surface area contributed by atoms with Crippen molar-refractivity contribution in [1.29, 1.82) is 0 Å². The summed E-state index contributed by atoms with van der Waals surface area (Å²) in [6, 6.07) is 9.90. The molecule has 0 atom stereocenters. The molecule has 4 N–H and O–H groups in total. The number of anilines is 1. The van der Waals surface area contributed by atoms with Crippen LogP contribution in [0.2, 0.25) is 0 Å². The van der Waals surface area contributed by atoms with E-state index < -0.39 is 0 Å². The number of hydrazine groups is 1. The van der Waals surface area contributed by atoms with Gasteiger partial charge in [0.15, 0.2) is 0 Å². The lowest BCUT2D eigenvalue weighted by Gasteiger charge is -2.25. The number of nitrogens with zero attached hydrogens (tertiary/aromatic N) is 2. The zero-order valence-electron chi connectivity index (χ0n) is 11.3. The molecule has 1 heterocycles. The molecule has 0 bridgehead atoms. The molecule has 104 valence electrons. The molecular formula is C14H23N5. The van der Waals surface area contributed by atoms with Gasteiger partial charge in [-0.05, 0) is 38.1 Å². The first-order valence-electron chi connectivity index (χ1n) is 6.94. The minimum absolute atomic E-state index is 0.614. The third kappa shape index (κ3) is 4.89. The third-order valence-electron chi connectivity index (χ3n) is 3.31. The van der Waals surface area contributed by atoms with Crippen LogP contribution in [0.3, 0.4) is 0 Å². The van der Waals surface area contributed by atoms with E-state index in [4.69, 9.17) is 5.84 Å². The zero-order valence-corrected chi connectivity index (χ0v) is 11.3. The smallest absolute Gasteiger partial charge is 0.210 e. The molecule has 1 saturated heterocycles. The Morgan fingerprint density at radius 3 is 2.58 bits per heavy atom. The minimum Gasteiger partial charge on any atom is -0.325 e. The SMILES string of the molecule is NNC(=NCCN1CCCCC1)Nc1ccccc1. The molecule has 1 fully saturated rings. The van der Waals surface area contributed by atoms with Gasteiger partial charge in [-0.3, -0.25) is 10.4 Å². The van der Waals surface area contributed by atoms with Gasteiger partial charge in [-0.1, -0.05) is 24.6 Å². The average Bonchev–Trinajstić information content (AvgIpc) is 2.48. The Morgan fingerprint density at radius 1 is 1.16 bits per heavy atom. The van der Waals surface area contributed by atoms with Crippen LogP contribution >= 0.6 is 0 Å². The van der Waals surface area contributed by atoms with Gasteiger partial charge in [-0.2, -0.15) is 0 Å². The van der Waals surface area contributed by atoms with Crippen LogP contribution in [0.25, 0.3) is 0 Å². The van der Waals surface area contributed by atoms with Gasteiger partial charge in [-0.25, -0.2) is 5.84 Å². The molecule has 1 aromatic rings. The van der Waals surface area contributed by atoms with Gasteiger partial charge in [0.2, 0.25) is 5.96 Å². The summed E-state index contributed by atoms with van der Waals surface area (Å²) in [5.74, 6) is 6.10. The number of hydrogen-bond acceptors (Lipinski definition) is 3. The fraction of sp³-hybridized carbons (Fsp3) is 0.500. The molecule has 0 unspecified atom stereocenters. The maximum Gasteiger partial charge on any atom is 0.210 e. The minimum atomic E-state index is 0.614. The van der Waals surface area contributed by atoms with E-state index in [1.165, 1.54) is 32.4 Å². The summed E-state index contributed by atoms with van der Waals surface area (Å²) < 4.78 is 0. The number of piperidine rings is 1. The molecule has 0 spiro atoms. The highest BCUT2D eigenvalue weighted by molar-refractivity contribution is 5.93. The fourth-order valence-corrected chi connectivity index (χ4v) is 2.27. The number of nitrogens with one attached hydrogen (secondary N) is 2. The summed E-state index contributed by atoms with van der Waals surface area (Å²) in [5, 5.41) is 3.16. The fourth-order valence-electron chi connectivity index (χ4n) is 2.27. The van der Waals surface area contributed by atoms with Crippen LogP contribution in [-0.4, -0.2) is 37.0 Å². The van der Waals surface area contributed by atoms with E-state index in [9.17, 15) is 0 Å². The maximum atomic E-state index is 5.48. The van der Waals surface area contributed by atoms with Crippen molar-refractivity contribution in [2.24, 2.45) is 10.8 Å². The van der Waals surface area contributed by atoms with Crippen LogP contribution < -0.4 is 16.6 Å². The number of rotatable bonds is 4. The molecule has 1 aromatic carbocycles. The third-order valence-corrected chi connectivity index (χ3v) is 3.31. The van der Waals surface area contributed by atoms with Crippen molar-refractivity contribution in [2.75, 3.05) is 31.5 Å². The lowest BCUT2D eigenvalue weighted by Crippen LogP contribution is -2.37. The second-order valence-corrected chi connectivity index (χ2v) is 4.77. The summed E-state index contributed by atoms with van der Waals surface area (Å²) >= 11 is 0. The van der Waals surface area contributed by atoms with Crippen molar-refractivity contribution in [2.45, 2.75) is 19.3 Å². The predicted octanol–water partition coefficient (Wildman–Crippen LogP) is 1.40. The Bertz CT molecular complexity index is 384. The Labute approximate surface area is 114 Å². The number of para-hydroxylation sites is 1. The Morgan fingerprint density at radius 2 is 1.89 bits per heavy atom. The first-order valence-corrected chi connectivity index (χ1v) is 6.94. The number of aliphatic imine (C=N–C) groups is 1. The van der Waals surface area contributed by atoms with Gasteiger partial charge in [0.1, 0.15) is 0 Å². The number of likely N-dealkylation sites (tertiary alicyclic amines) is 1. The summed E-state index contributed by atoms with van der Waals surface area (Å²) in [5.41, 5.74) is 3.59. The number of benzene rings is 1. The number of guanidine groups is 1. The maximum absolute atomic E-state index is 5.48. The van der Waals surface area contributed by atoms with Crippen LogP contribution in [0.4, 0.5) is 5.69 Å². The standard InChI is InChI=1S/C14H23N5/c15-18-14(17-13-7-3-1-4-8-13)16-9-12-19-10-5-2-6-11-19/h1,3-4,7-8H,2,5-6,9-12,15H2,(H2,16,17,18). The summed E-state index contributed by atoms with van der Waals surface area (Å²) in [7, 11) is 0. The monoisotopic (exact) mass is 261 g/mol. The average molecular weight is 261 g/mol. The molecule has 0 aliphatic carbocycles. The lowest BCUT2D eigenvalue weighted by molar-refractivity contribution is 0.235. The van der Waals surface area contributed by atoms with Gasteiger partial charge >= 0.3 is 0 Å². The topological polar surface area (TPSA) is 65.7 Å². The Kier molecular flexibility index (Phi) is 5.65. The highest BCUT2D eigenvalue weighted by Crippen LogP contribution is 2.08. The van der Waals surface area contributed by atoms with E-state index >= 15 is 0 Å². The van der Waals surface area contributed by atoms with Gasteiger partial charge in [-0.15, -0.1) is 0 Å². The molecule has 2 rings (SSSR count). The first kappa shape index (κ1) is 13.8. The van der Waals surface area contributed by atoms with Gasteiger partial charge in [0, 0.05) is 12.2 Å². The number of hydrogen-bond donors (Lipinski definition) is 3. The molecule has 1 aliphatic rings. The summed E-state index contributed by atoms with van der Waals surface area (Å²) in [6.45, 7) is 4.17. The molecule has 5 heteroatoms. The van der Waals surface area contributed by atoms with E-state index in [0.717, 1.165) is 18.8 Å². The summed E-state index contributed by atoms with van der Waals surface area (Å²) in [6.07, 6.45) is 3.99. The molecule has 0 aromatic heterocycles. The second kappa shape index (κ2) is 7.76. The van der Waals surface area contributed by atoms with Crippen LogP contribution in [0.1, 0.15) is 19.3 Å². The molecule has 1 aliphatic heterocycles. The van der Waals surface area contributed by atoms with E-state index in [1.807, 2.05) is 30.3 Å². The largest absolute Gasteiger partial charge is 0.325 e. The highest BCUT2D eigenvalue weighted by Gasteiger charge is 2.08. The molecule has 0 saturated carbocycles. The molecule has 5 nitrogen and oxygen atoms in total. The second-order valence-electron chi connectivity index (χ2n) is 4.77. The van der Waals surface area contributed by atoms with Crippen LogP contribution in [-0.2, 0) is 0 Å². The van der Waals surface area contributed by atoms with Crippen molar-refractivity contribution in [3.63, 3.8) is 0 Å². The van der Waals surface area contributed by atoms with Crippen molar-refractivity contribution >= 4 is 11.6 Å². The highest BCUT2D eigenvalue weighted by atomic mass is 15.3. The molecule has 0 amide bonds. The Balaban J connectivity index is 1.78. The number of nitrogens with two attached hydrogens (primary N) is 1. The van der Waals surface area contributed by atoms with Gasteiger partial charge in [0.25, 0.3) is 0 Å². The molecule has 0 radical (unpaired) electrons. The quantitative estimate of drug-likeness (QED) is 0.332. The normalized spacial score (nSPS) is 17.2. The van der Waals surface area contributed by atoms with Crippen molar-refractivity contribution < 1.29 is 0 Å². The zero-order chi connectivity index (χ0) is 13.3. The van der Waals surface area contributed by atoms with Crippen LogP contribution in [0, 0.1) is 0 Å². The van der Waals surface area contributed by atoms with Crippen molar-refractivity contribution in [3.05, 3.63) is 30.3 Å². The Hall–Kier alpha value is -1.59. The van der Waals surface area contributed by atoms with E-state index in [0.29, 0.717) is 5.96 Å². The molecular weight excluding hydrogens is 238 g/mol. The van der Waals surface area contributed by atoms with E-state index in [1.54, 1.807) is 0 Å². The van der Waals surface area contributed by atoms with Crippen LogP contribution in [0.5, 0.6) is 0 Å². The van der Waals surface area contributed by atoms with E-state index in [2.05, 4.69) is 20.6 Å².